The molecule has 1 aromatic heterocycles. The highest BCUT2D eigenvalue weighted by atomic mass is 16.4. The Morgan fingerprint density at radius 3 is 2.69 bits per heavy atom. The molecule has 0 aromatic carbocycles. The third-order valence-corrected chi connectivity index (χ3v) is 2.03. The maximum atomic E-state index is 5.40. The van der Waals surface area contributed by atoms with Crippen LogP contribution in [0.4, 0.5) is 0 Å². The van der Waals surface area contributed by atoms with Crippen molar-refractivity contribution in [2.45, 2.75) is 40.0 Å². The molecule has 1 aromatic rings. The highest BCUT2D eigenvalue weighted by Gasteiger charge is 2.00. The van der Waals surface area contributed by atoms with E-state index in [1.807, 2.05) is 19.9 Å². The summed E-state index contributed by atoms with van der Waals surface area (Å²) in [6.07, 6.45) is 7.64. The van der Waals surface area contributed by atoms with E-state index >= 15 is 0 Å². The minimum Gasteiger partial charge on any atom is -0.442 e. The molecule has 72 valence electrons. The Kier molecular flexibility index (Phi) is 3.74. The van der Waals surface area contributed by atoms with Crippen LogP contribution in [0.2, 0.25) is 0 Å². The van der Waals surface area contributed by atoms with Gasteiger partial charge in [0.15, 0.2) is 0 Å². The summed E-state index contributed by atoms with van der Waals surface area (Å²) in [5.74, 6) is 1.64. The summed E-state index contributed by atoms with van der Waals surface area (Å²) < 4.78 is 5.40. The lowest BCUT2D eigenvalue weighted by Crippen LogP contribution is -1.73. The Morgan fingerprint density at radius 2 is 2.15 bits per heavy atom. The van der Waals surface area contributed by atoms with Gasteiger partial charge in [0.25, 0.3) is 0 Å². The van der Waals surface area contributed by atoms with Crippen molar-refractivity contribution in [1.29, 1.82) is 0 Å². The lowest BCUT2D eigenvalue weighted by Gasteiger charge is -1.86. The molecule has 0 bridgehead atoms. The fourth-order valence-corrected chi connectivity index (χ4v) is 1.07. The van der Waals surface area contributed by atoms with Gasteiger partial charge in [-0.1, -0.05) is 25.8 Å². The average Bonchev–Trinajstić information content (AvgIpc) is 2.41. The van der Waals surface area contributed by atoms with E-state index in [9.17, 15) is 0 Å². The number of aryl methyl sites for hydroxylation is 2. The maximum Gasteiger partial charge on any atom is 0.218 e. The first kappa shape index (κ1) is 10.0. The fraction of sp³-hybridized carbons (Fsp3) is 0.545. The fourth-order valence-electron chi connectivity index (χ4n) is 1.07. The molecule has 0 saturated carbocycles. The van der Waals surface area contributed by atoms with Crippen LogP contribution in [0.1, 0.15) is 43.5 Å². The summed E-state index contributed by atoms with van der Waals surface area (Å²) in [5, 5.41) is 0. The lowest BCUT2D eigenvalue weighted by molar-refractivity contribution is 0.515. The van der Waals surface area contributed by atoms with Gasteiger partial charge in [-0.25, -0.2) is 4.98 Å². The molecule has 0 saturated heterocycles. The van der Waals surface area contributed by atoms with Gasteiger partial charge in [-0.2, -0.15) is 0 Å². The number of rotatable bonds is 4. The first-order valence-electron chi connectivity index (χ1n) is 4.84. The van der Waals surface area contributed by atoms with Crippen LogP contribution in [0.25, 0.3) is 6.08 Å². The SMILES string of the molecule is CCCC/C=C/c1nc(C)c(C)o1. The Labute approximate surface area is 79.7 Å². The number of hydrogen-bond donors (Lipinski definition) is 0. The molecule has 0 aliphatic carbocycles. The quantitative estimate of drug-likeness (QED) is 0.661. The van der Waals surface area contributed by atoms with Gasteiger partial charge >= 0.3 is 0 Å². The third kappa shape index (κ3) is 3.05. The van der Waals surface area contributed by atoms with Crippen molar-refractivity contribution in [3.05, 3.63) is 23.4 Å². The summed E-state index contributed by atoms with van der Waals surface area (Å²) in [4.78, 5) is 4.25. The molecule has 0 spiro atoms. The maximum absolute atomic E-state index is 5.40. The standard InChI is InChI=1S/C11H17NO/c1-4-5-6-7-8-11-12-9(2)10(3)13-11/h7-8H,4-6H2,1-3H3/b8-7+. The van der Waals surface area contributed by atoms with Gasteiger partial charge < -0.3 is 4.42 Å². The van der Waals surface area contributed by atoms with E-state index in [-0.39, 0.29) is 0 Å². The summed E-state index contributed by atoms with van der Waals surface area (Å²) in [6, 6.07) is 0. The van der Waals surface area contributed by atoms with Gasteiger partial charge in [0.05, 0.1) is 5.69 Å². The minimum atomic E-state index is 0.728. The van der Waals surface area contributed by atoms with Crippen LogP contribution in [0, 0.1) is 13.8 Å². The minimum absolute atomic E-state index is 0.728. The number of aromatic nitrogens is 1. The summed E-state index contributed by atoms with van der Waals surface area (Å²) in [5.41, 5.74) is 0.982. The van der Waals surface area contributed by atoms with Crippen molar-refractivity contribution in [3.63, 3.8) is 0 Å². The van der Waals surface area contributed by atoms with E-state index < -0.39 is 0 Å². The number of allylic oxidation sites excluding steroid dienone is 1. The summed E-state index contributed by atoms with van der Waals surface area (Å²) >= 11 is 0. The number of nitrogens with zero attached hydrogens (tertiary/aromatic N) is 1. The van der Waals surface area contributed by atoms with E-state index in [0.717, 1.165) is 23.8 Å². The number of hydrogen-bond acceptors (Lipinski definition) is 2. The molecule has 13 heavy (non-hydrogen) atoms. The molecule has 0 unspecified atom stereocenters. The Balaban J connectivity index is 2.49. The normalized spacial score (nSPS) is 11.3. The number of oxazole rings is 1. The van der Waals surface area contributed by atoms with Gasteiger partial charge in [0.2, 0.25) is 5.89 Å². The Morgan fingerprint density at radius 1 is 1.38 bits per heavy atom. The Bertz CT molecular complexity index is 267. The Hall–Kier alpha value is -1.05. The van der Waals surface area contributed by atoms with E-state index in [1.54, 1.807) is 0 Å². The van der Waals surface area contributed by atoms with E-state index in [0.29, 0.717) is 0 Å². The first-order valence-corrected chi connectivity index (χ1v) is 4.84. The molecule has 0 amide bonds. The van der Waals surface area contributed by atoms with Crippen LogP contribution in [0.15, 0.2) is 10.5 Å². The third-order valence-electron chi connectivity index (χ3n) is 2.03. The van der Waals surface area contributed by atoms with Crippen LogP contribution < -0.4 is 0 Å². The van der Waals surface area contributed by atoms with Crippen LogP contribution >= 0.6 is 0 Å². The van der Waals surface area contributed by atoms with Crippen molar-refractivity contribution in [1.82, 2.24) is 4.98 Å². The second-order valence-corrected chi connectivity index (χ2v) is 3.24. The predicted octanol–water partition coefficient (Wildman–Crippen LogP) is 3.49. The zero-order chi connectivity index (χ0) is 9.68. The largest absolute Gasteiger partial charge is 0.442 e. The van der Waals surface area contributed by atoms with E-state index in [2.05, 4.69) is 18.0 Å². The monoisotopic (exact) mass is 179 g/mol. The van der Waals surface area contributed by atoms with Crippen molar-refractivity contribution in [3.8, 4) is 0 Å². The molecule has 0 aliphatic rings. The highest BCUT2D eigenvalue weighted by Crippen LogP contribution is 2.10. The topological polar surface area (TPSA) is 26.0 Å². The van der Waals surface area contributed by atoms with Gasteiger partial charge in [-0.05, 0) is 26.3 Å². The zero-order valence-corrected chi connectivity index (χ0v) is 8.63. The average molecular weight is 179 g/mol. The van der Waals surface area contributed by atoms with Crippen molar-refractivity contribution < 1.29 is 4.42 Å². The van der Waals surface area contributed by atoms with Crippen molar-refractivity contribution >= 4 is 6.08 Å². The molecular weight excluding hydrogens is 162 g/mol. The predicted molar refractivity (Wildman–Crippen MR) is 54.5 cm³/mol. The lowest BCUT2D eigenvalue weighted by atomic mass is 10.2. The van der Waals surface area contributed by atoms with Gasteiger partial charge in [0.1, 0.15) is 5.76 Å². The van der Waals surface area contributed by atoms with Gasteiger partial charge in [-0.3, -0.25) is 0 Å². The van der Waals surface area contributed by atoms with Crippen LogP contribution in [0.5, 0.6) is 0 Å². The first-order chi connectivity index (χ1) is 6.24. The van der Waals surface area contributed by atoms with Crippen molar-refractivity contribution in [2.75, 3.05) is 0 Å². The molecule has 2 nitrogen and oxygen atoms in total. The smallest absolute Gasteiger partial charge is 0.218 e. The highest BCUT2D eigenvalue weighted by molar-refractivity contribution is 5.38. The molecule has 0 radical (unpaired) electrons. The molecule has 1 rings (SSSR count). The molecule has 0 atom stereocenters. The van der Waals surface area contributed by atoms with E-state index in [1.165, 1.54) is 12.8 Å². The molecule has 1 heterocycles. The second kappa shape index (κ2) is 4.85. The summed E-state index contributed by atoms with van der Waals surface area (Å²) in [6.45, 7) is 6.08. The van der Waals surface area contributed by atoms with E-state index in [4.69, 9.17) is 4.42 Å². The van der Waals surface area contributed by atoms with Gasteiger partial charge in [0, 0.05) is 0 Å². The molecule has 0 fully saturated rings. The molecule has 0 N–H and O–H groups in total. The second-order valence-electron chi connectivity index (χ2n) is 3.24. The number of unbranched alkanes of at least 4 members (excludes halogenated alkanes) is 2. The van der Waals surface area contributed by atoms with Crippen LogP contribution in [-0.2, 0) is 0 Å². The van der Waals surface area contributed by atoms with Crippen LogP contribution in [0.3, 0.4) is 0 Å². The molecule has 2 heteroatoms. The molecule has 0 aliphatic heterocycles. The van der Waals surface area contributed by atoms with Gasteiger partial charge in [-0.15, -0.1) is 0 Å². The molecular formula is C11H17NO. The zero-order valence-electron chi connectivity index (χ0n) is 8.63. The van der Waals surface area contributed by atoms with Crippen LogP contribution in [-0.4, -0.2) is 4.98 Å². The summed E-state index contributed by atoms with van der Waals surface area (Å²) in [7, 11) is 0. The van der Waals surface area contributed by atoms with Crippen molar-refractivity contribution in [2.24, 2.45) is 0 Å².